The molecule has 2 rings (SSSR count). The van der Waals surface area contributed by atoms with Gasteiger partial charge >= 0.3 is 43.0 Å². The number of methoxy groups -OCH3 is 1. The second-order valence-electron chi connectivity index (χ2n) is 16.3. The Morgan fingerprint density at radius 1 is 0.585 bits per heavy atom. The zero-order chi connectivity index (χ0) is 38.9. The summed E-state index contributed by atoms with van der Waals surface area (Å²) in [5, 5.41) is 9.18. The number of nitrogens with zero attached hydrogens (tertiary/aromatic N) is 2. The molecule has 0 aliphatic rings. The second-order valence-corrected chi connectivity index (χ2v) is 16.3. The number of carbonyl (C=O) groups excluding carboxylic acids is 3. The minimum Gasteiger partial charge on any atom is -0.870 e. The van der Waals surface area contributed by atoms with E-state index in [2.05, 4.69) is 0 Å². The summed E-state index contributed by atoms with van der Waals surface area (Å²) in [5.74, 6) is -0.994. The van der Waals surface area contributed by atoms with Gasteiger partial charge in [0.1, 0.15) is 11.2 Å². The minimum absolute atomic E-state index is 0. The first-order valence-corrected chi connectivity index (χ1v) is 17.9. The average Bonchev–Trinajstić information content (AvgIpc) is 3.03. The SMILES string of the molecule is CC(C)(C)OC(=O)N(CCCCC(C)(C)C(=O)O)Cc1ccccc1.COC(=O)C(C)(C)CCCCN(Cc1ccccc1)C(=O)OC(C)(C)C.[Li+].[OH-]. The van der Waals surface area contributed by atoms with Crippen molar-refractivity contribution in [2.75, 3.05) is 20.2 Å². The summed E-state index contributed by atoms with van der Waals surface area (Å²) >= 11 is 0. The minimum atomic E-state index is -0.791. The number of carboxylic acids is 1. The Morgan fingerprint density at radius 2 is 0.925 bits per heavy atom. The molecule has 0 unspecified atom stereocenters. The van der Waals surface area contributed by atoms with Gasteiger partial charge in [-0.3, -0.25) is 9.59 Å². The molecule has 2 aromatic carbocycles. The number of amides is 2. The summed E-state index contributed by atoms with van der Waals surface area (Å²) in [6.07, 6.45) is 3.75. The molecule has 0 spiro atoms. The van der Waals surface area contributed by atoms with Crippen molar-refractivity contribution in [1.82, 2.24) is 9.80 Å². The van der Waals surface area contributed by atoms with Crippen molar-refractivity contribution in [3.05, 3.63) is 71.8 Å². The monoisotopic (exact) mass is 736 g/mol. The molecule has 11 nitrogen and oxygen atoms in total. The number of ether oxygens (including phenoxy) is 3. The van der Waals surface area contributed by atoms with E-state index in [9.17, 15) is 24.3 Å². The van der Waals surface area contributed by atoms with Gasteiger partial charge in [-0.15, -0.1) is 0 Å². The Bertz CT molecular complexity index is 1350. The van der Waals surface area contributed by atoms with Crippen molar-refractivity contribution in [3.63, 3.8) is 0 Å². The Morgan fingerprint density at radius 3 is 1.23 bits per heavy atom. The number of esters is 1. The normalized spacial score (nSPS) is 11.4. The van der Waals surface area contributed by atoms with Crippen LogP contribution in [-0.4, -0.2) is 75.9 Å². The van der Waals surface area contributed by atoms with Crippen LogP contribution in [-0.2, 0) is 36.9 Å². The van der Waals surface area contributed by atoms with E-state index >= 15 is 0 Å². The third kappa shape index (κ3) is 22.3. The number of rotatable bonds is 16. The number of hydrogen-bond acceptors (Lipinski definition) is 8. The molecule has 0 atom stereocenters. The van der Waals surface area contributed by atoms with Crippen LogP contribution in [0.4, 0.5) is 9.59 Å². The maximum atomic E-state index is 12.5. The molecule has 2 N–H and O–H groups in total. The molecule has 0 saturated heterocycles. The number of carboxylic acid groups (broad SMARTS) is 1. The summed E-state index contributed by atoms with van der Waals surface area (Å²) < 4.78 is 15.9. The van der Waals surface area contributed by atoms with E-state index in [4.69, 9.17) is 14.2 Å². The van der Waals surface area contributed by atoms with Gasteiger partial charge in [-0.1, -0.05) is 73.5 Å². The molecule has 2 aromatic rings. The van der Waals surface area contributed by atoms with Crippen LogP contribution in [0.25, 0.3) is 0 Å². The van der Waals surface area contributed by atoms with Crippen LogP contribution in [0.15, 0.2) is 60.7 Å². The average molecular weight is 737 g/mol. The molecule has 12 heteroatoms. The maximum absolute atomic E-state index is 12.5. The number of hydrogen-bond donors (Lipinski definition) is 1. The Kier molecular flexibility index (Phi) is 23.4. The zero-order valence-corrected chi connectivity index (χ0v) is 34.5. The van der Waals surface area contributed by atoms with Gasteiger partial charge < -0.3 is 34.6 Å². The molecule has 0 aliphatic heterocycles. The summed E-state index contributed by atoms with van der Waals surface area (Å²) in [5.41, 5.74) is -0.218. The predicted molar refractivity (Wildman–Crippen MR) is 203 cm³/mol. The number of benzene rings is 2. The summed E-state index contributed by atoms with van der Waals surface area (Å²) in [7, 11) is 1.41. The Hall–Kier alpha value is -3.52. The van der Waals surface area contributed by atoms with E-state index in [0.717, 1.165) is 36.8 Å². The summed E-state index contributed by atoms with van der Waals surface area (Å²) in [6.45, 7) is 20.5. The molecule has 0 heterocycles. The molecule has 0 radical (unpaired) electrons. The topological polar surface area (TPSA) is 153 Å². The van der Waals surface area contributed by atoms with Crippen molar-refractivity contribution < 1.29 is 62.8 Å². The van der Waals surface area contributed by atoms with E-state index < -0.39 is 28.0 Å². The number of carbonyl (C=O) groups is 4. The van der Waals surface area contributed by atoms with Crippen molar-refractivity contribution in [2.45, 2.75) is 132 Å². The molecule has 53 heavy (non-hydrogen) atoms. The predicted octanol–water partition coefficient (Wildman–Crippen LogP) is 6.33. The van der Waals surface area contributed by atoms with Crippen molar-refractivity contribution >= 4 is 24.1 Å². The van der Waals surface area contributed by atoms with Gasteiger partial charge in [-0.2, -0.15) is 0 Å². The fourth-order valence-electron chi connectivity index (χ4n) is 4.95. The van der Waals surface area contributed by atoms with Crippen molar-refractivity contribution in [2.24, 2.45) is 10.8 Å². The quantitative estimate of drug-likeness (QED) is 0.0903. The van der Waals surface area contributed by atoms with Crippen LogP contribution in [0.2, 0.25) is 0 Å². The molecule has 0 aromatic heterocycles. The zero-order valence-electron chi connectivity index (χ0n) is 34.5. The third-order valence-electron chi connectivity index (χ3n) is 8.01. The van der Waals surface area contributed by atoms with Crippen molar-refractivity contribution in [3.8, 4) is 0 Å². The van der Waals surface area contributed by atoms with E-state index in [1.807, 2.05) is 116 Å². The van der Waals surface area contributed by atoms with E-state index in [-0.39, 0.29) is 42.5 Å². The summed E-state index contributed by atoms with van der Waals surface area (Å²) in [6, 6.07) is 19.6. The molecular weight excluding hydrogens is 671 g/mol. The van der Waals surface area contributed by atoms with Crippen LogP contribution in [0.5, 0.6) is 0 Å². The van der Waals surface area contributed by atoms with Crippen molar-refractivity contribution in [1.29, 1.82) is 0 Å². The van der Waals surface area contributed by atoms with Crippen LogP contribution >= 0.6 is 0 Å². The summed E-state index contributed by atoms with van der Waals surface area (Å²) in [4.78, 5) is 51.4. The first-order chi connectivity index (χ1) is 23.6. The molecule has 0 fully saturated rings. The van der Waals surface area contributed by atoms with Crippen LogP contribution in [0, 0.1) is 10.8 Å². The number of unbranched alkanes of at least 4 members (excludes halogenated alkanes) is 2. The first-order valence-electron chi connectivity index (χ1n) is 17.9. The molecule has 2 amide bonds. The van der Waals surface area contributed by atoms with Crippen LogP contribution in [0.1, 0.15) is 119 Å². The van der Waals surface area contributed by atoms with E-state index in [0.29, 0.717) is 39.0 Å². The Balaban J connectivity index is 0. The van der Waals surface area contributed by atoms with Gasteiger partial charge in [-0.05, 0) is 106 Å². The molecule has 0 bridgehead atoms. The fraction of sp³-hybridized carbons (Fsp3) is 0.610. The maximum Gasteiger partial charge on any atom is 1.00 e. The number of aliphatic carboxylic acids is 1. The van der Waals surface area contributed by atoms with Gasteiger partial charge in [0, 0.05) is 26.2 Å². The molecule has 0 aliphatic carbocycles. The van der Waals surface area contributed by atoms with E-state index in [1.165, 1.54) is 7.11 Å². The van der Waals surface area contributed by atoms with Crippen LogP contribution in [0.3, 0.4) is 0 Å². The Labute approximate surface area is 330 Å². The largest absolute Gasteiger partial charge is 1.00 e. The van der Waals surface area contributed by atoms with Gasteiger partial charge in [0.25, 0.3) is 0 Å². The third-order valence-corrected chi connectivity index (χ3v) is 8.01. The van der Waals surface area contributed by atoms with Gasteiger partial charge in [0.2, 0.25) is 0 Å². The molecule has 294 valence electrons. The fourth-order valence-corrected chi connectivity index (χ4v) is 4.95. The molecular formula is C41H65LiN2O9. The van der Waals surface area contributed by atoms with Gasteiger partial charge in [0.05, 0.1) is 17.9 Å². The smallest absolute Gasteiger partial charge is 0.870 e. The molecule has 0 saturated carbocycles. The second kappa shape index (κ2) is 24.0. The standard InChI is InChI=1S/C21H33NO4.C20H31NO4.Li.H2O/c1-20(2,3)26-19(24)22(16-17-12-8-7-9-13-17)15-11-10-14-21(4,5)18(23)25-6;1-19(2,3)25-18(24)21(15-16-11-7-6-8-12-16)14-10-9-13-20(4,5)17(22)23;;/h7-9,12-13H,10-11,14-16H2,1-6H3;6-8,11-12H,9-10,13-15H2,1-5H3,(H,22,23);;1H2/q;;+1;/p-1. The van der Waals surface area contributed by atoms with E-state index in [1.54, 1.807) is 23.6 Å². The first kappa shape index (κ1) is 51.6. The van der Waals surface area contributed by atoms with Gasteiger partial charge in [-0.25, -0.2) is 9.59 Å². The van der Waals surface area contributed by atoms with Gasteiger partial charge in [0.15, 0.2) is 0 Å². The van der Waals surface area contributed by atoms with Crippen LogP contribution < -0.4 is 18.9 Å².